The SMILES string of the molecule is O=Nc1ccc(N/[NH+]=C/c2ccccc2O)cc1. The van der Waals surface area contributed by atoms with Gasteiger partial charge in [0, 0.05) is 0 Å². The number of aromatic hydroxyl groups is 1. The summed E-state index contributed by atoms with van der Waals surface area (Å²) < 4.78 is 0. The lowest BCUT2D eigenvalue weighted by Gasteiger charge is -1.96. The number of hydrogen-bond acceptors (Lipinski definition) is 4. The number of para-hydroxylation sites is 1. The molecule has 0 aliphatic heterocycles. The van der Waals surface area contributed by atoms with E-state index in [2.05, 4.69) is 15.7 Å². The van der Waals surface area contributed by atoms with E-state index in [4.69, 9.17) is 0 Å². The molecular formula is C13H12N3O2+. The van der Waals surface area contributed by atoms with Gasteiger partial charge in [0.2, 0.25) is 6.21 Å². The number of benzene rings is 2. The molecule has 0 saturated heterocycles. The third-order valence-electron chi connectivity index (χ3n) is 2.35. The average molecular weight is 242 g/mol. The Balaban J connectivity index is 2.02. The van der Waals surface area contributed by atoms with E-state index in [1.165, 1.54) is 0 Å². The van der Waals surface area contributed by atoms with E-state index < -0.39 is 0 Å². The van der Waals surface area contributed by atoms with Gasteiger partial charge < -0.3 is 5.11 Å². The third kappa shape index (κ3) is 2.91. The summed E-state index contributed by atoms with van der Waals surface area (Å²) in [6, 6.07) is 13.6. The van der Waals surface area contributed by atoms with Gasteiger partial charge in [0.15, 0.2) is 0 Å². The Morgan fingerprint density at radius 3 is 2.50 bits per heavy atom. The summed E-state index contributed by atoms with van der Waals surface area (Å²) in [7, 11) is 0. The Morgan fingerprint density at radius 1 is 1.11 bits per heavy atom. The van der Waals surface area contributed by atoms with Gasteiger partial charge in [0.05, 0.1) is 11.3 Å². The lowest BCUT2D eigenvalue weighted by Crippen LogP contribution is -2.74. The lowest BCUT2D eigenvalue weighted by molar-refractivity contribution is -0.413. The second-order valence-electron chi connectivity index (χ2n) is 3.61. The van der Waals surface area contributed by atoms with Crippen LogP contribution in [0.1, 0.15) is 5.56 Å². The van der Waals surface area contributed by atoms with Crippen LogP contribution >= 0.6 is 0 Å². The molecular weight excluding hydrogens is 230 g/mol. The molecule has 3 N–H and O–H groups in total. The number of nitroso groups, excluding NO2 is 1. The van der Waals surface area contributed by atoms with Gasteiger partial charge in [-0.3, -0.25) is 0 Å². The van der Waals surface area contributed by atoms with Crippen molar-refractivity contribution >= 4 is 17.6 Å². The highest BCUT2D eigenvalue weighted by atomic mass is 16.3. The van der Waals surface area contributed by atoms with Crippen LogP contribution in [0.25, 0.3) is 0 Å². The highest BCUT2D eigenvalue weighted by Gasteiger charge is 1.99. The molecule has 2 aromatic carbocycles. The van der Waals surface area contributed by atoms with Gasteiger partial charge in [-0.25, -0.2) is 0 Å². The zero-order valence-corrected chi connectivity index (χ0v) is 9.50. The van der Waals surface area contributed by atoms with Gasteiger partial charge in [-0.2, -0.15) is 5.43 Å². The fourth-order valence-corrected chi connectivity index (χ4v) is 1.41. The summed E-state index contributed by atoms with van der Waals surface area (Å²) >= 11 is 0. The van der Waals surface area contributed by atoms with E-state index in [1.807, 2.05) is 6.07 Å². The molecule has 0 saturated carbocycles. The van der Waals surface area contributed by atoms with Crippen LogP contribution in [0.15, 0.2) is 53.7 Å². The Morgan fingerprint density at radius 2 is 1.83 bits per heavy atom. The Kier molecular flexibility index (Phi) is 3.66. The smallest absolute Gasteiger partial charge is 0.202 e. The number of hydrazine groups is 1. The number of nitrogens with one attached hydrogen (secondary N) is 2. The predicted molar refractivity (Wildman–Crippen MR) is 69.8 cm³/mol. The van der Waals surface area contributed by atoms with Gasteiger partial charge in [-0.15, -0.1) is 10.0 Å². The molecule has 0 fully saturated rings. The van der Waals surface area contributed by atoms with E-state index in [1.54, 1.807) is 48.7 Å². The predicted octanol–water partition coefficient (Wildman–Crippen LogP) is 1.32. The second-order valence-corrected chi connectivity index (χ2v) is 3.61. The normalized spacial score (nSPS) is 10.4. The van der Waals surface area contributed by atoms with Crippen molar-refractivity contribution in [3.8, 4) is 5.75 Å². The fraction of sp³-hybridized carbons (Fsp3) is 0. The van der Waals surface area contributed by atoms with Crippen molar-refractivity contribution in [3.05, 3.63) is 59.0 Å². The molecule has 0 spiro atoms. The first-order valence-electron chi connectivity index (χ1n) is 5.36. The van der Waals surface area contributed by atoms with Crippen molar-refractivity contribution in [2.75, 3.05) is 5.43 Å². The third-order valence-corrected chi connectivity index (χ3v) is 2.35. The fourth-order valence-electron chi connectivity index (χ4n) is 1.41. The number of hydrogen-bond donors (Lipinski definition) is 3. The molecule has 0 radical (unpaired) electrons. The van der Waals surface area contributed by atoms with E-state index in [-0.39, 0.29) is 5.75 Å². The summed E-state index contributed by atoms with van der Waals surface area (Å²) in [4.78, 5) is 10.2. The first-order valence-corrected chi connectivity index (χ1v) is 5.36. The van der Waals surface area contributed by atoms with Gasteiger partial charge in [0.1, 0.15) is 11.4 Å². The first-order chi connectivity index (χ1) is 8.79. The minimum absolute atomic E-state index is 0.201. The molecule has 5 heteroatoms. The van der Waals surface area contributed by atoms with Crippen LogP contribution in [0.4, 0.5) is 11.4 Å². The quantitative estimate of drug-likeness (QED) is 0.430. The Labute approximate surface area is 104 Å². The minimum Gasteiger partial charge on any atom is -0.507 e. The highest BCUT2D eigenvalue weighted by molar-refractivity contribution is 5.79. The molecule has 0 aliphatic rings. The Bertz CT molecular complexity index is 565. The maximum Gasteiger partial charge on any atom is 0.202 e. The second kappa shape index (κ2) is 5.58. The number of nitrogens with zero attached hydrogens (tertiary/aromatic N) is 1. The van der Waals surface area contributed by atoms with E-state index in [0.29, 0.717) is 11.3 Å². The molecule has 0 aliphatic carbocycles. The van der Waals surface area contributed by atoms with Gasteiger partial charge in [-0.05, 0) is 41.6 Å². The van der Waals surface area contributed by atoms with Gasteiger partial charge >= 0.3 is 0 Å². The van der Waals surface area contributed by atoms with Crippen LogP contribution in [0.5, 0.6) is 5.75 Å². The maximum atomic E-state index is 10.2. The van der Waals surface area contributed by atoms with Crippen LogP contribution in [0, 0.1) is 4.91 Å². The number of hydrazone groups is 1. The molecule has 18 heavy (non-hydrogen) atoms. The maximum absolute atomic E-state index is 10.2. The number of rotatable bonds is 4. The van der Waals surface area contributed by atoms with Crippen molar-refractivity contribution in [3.63, 3.8) is 0 Å². The molecule has 90 valence electrons. The Hall–Kier alpha value is -2.69. The summed E-state index contributed by atoms with van der Waals surface area (Å²) in [6.07, 6.45) is 1.64. The molecule has 2 aromatic rings. The van der Waals surface area contributed by atoms with Crippen molar-refractivity contribution in [2.24, 2.45) is 5.18 Å². The van der Waals surface area contributed by atoms with E-state index in [0.717, 1.165) is 5.69 Å². The topological polar surface area (TPSA) is 75.7 Å². The van der Waals surface area contributed by atoms with Gasteiger partial charge in [-0.1, -0.05) is 12.1 Å². The molecule has 0 heterocycles. The summed E-state index contributed by atoms with van der Waals surface area (Å²) in [5.74, 6) is 0.201. The lowest BCUT2D eigenvalue weighted by atomic mass is 10.2. The van der Waals surface area contributed by atoms with Crippen molar-refractivity contribution in [1.29, 1.82) is 0 Å². The molecule has 0 aromatic heterocycles. The number of anilines is 1. The molecule has 2 rings (SSSR count). The molecule has 0 atom stereocenters. The average Bonchev–Trinajstić information content (AvgIpc) is 2.42. The monoisotopic (exact) mass is 242 g/mol. The molecule has 0 amide bonds. The van der Waals surface area contributed by atoms with E-state index >= 15 is 0 Å². The van der Waals surface area contributed by atoms with Crippen LogP contribution < -0.4 is 10.5 Å². The molecule has 5 nitrogen and oxygen atoms in total. The van der Waals surface area contributed by atoms with Crippen LogP contribution in [0.3, 0.4) is 0 Å². The minimum atomic E-state index is 0.201. The molecule has 0 unspecified atom stereocenters. The van der Waals surface area contributed by atoms with Crippen LogP contribution in [-0.4, -0.2) is 11.3 Å². The summed E-state index contributed by atoms with van der Waals surface area (Å²) in [6.45, 7) is 0. The van der Waals surface area contributed by atoms with Gasteiger partial charge in [0.25, 0.3) is 0 Å². The van der Waals surface area contributed by atoms with E-state index in [9.17, 15) is 10.0 Å². The van der Waals surface area contributed by atoms with Crippen LogP contribution in [0.2, 0.25) is 0 Å². The summed E-state index contributed by atoms with van der Waals surface area (Å²) in [5, 5.41) is 15.2. The van der Waals surface area contributed by atoms with Crippen LogP contribution in [-0.2, 0) is 0 Å². The zero-order chi connectivity index (χ0) is 12.8. The summed E-state index contributed by atoms with van der Waals surface area (Å²) in [5.41, 5.74) is 4.75. The standard InChI is InChI=1S/C13H11N3O2/c17-13-4-2-1-3-10(13)9-14-15-11-5-7-12(16-18)8-6-11/h1-9,15,17H/p+1/b14-9+. The first kappa shape index (κ1) is 11.8. The number of phenolic OH excluding ortho intramolecular Hbond substituents is 1. The van der Waals surface area contributed by atoms with Crippen molar-refractivity contribution in [1.82, 2.24) is 0 Å². The highest BCUT2D eigenvalue weighted by Crippen LogP contribution is 2.14. The van der Waals surface area contributed by atoms with Crippen molar-refractivity contribution in [2.45, 2.75) is 0 Å². The number of phenols is 1. The van der Waals surface area contributed by atoms with Crippen molar-refractivity contribution < 1.29 is 10.2 Å². The molecule has 0 bridgehead atoms. The zero-order valence-electron chi connectivity index (χ0n) is 9.50. The largest absolute Gasteiger partial charge is 0.507 e.